The molecular formula is C11H22N2O. The molecule has 0 rings (SSSR count). The number of likely N-dealkylation sites (N-methyl/N-ethyl adjacent to an activating group) is 1. The highest BCUT2D eigenvalue weighted by Crippen LogP contribution is 2.20. The summed E-state index contributed by atoms with van der Waals surface area (Å²) >= 11 is 0. The van der Waals surface area contributed by atoms with Crippen LogP contribution < -0.4 is 0 Å². The van der Waals surface area contributed by atoms with E-state index in [0.29, 0.717) is 6.54 Å². The van der Waals surface area contributed by atoms with Gasteiger partial charge >= 0.3 is 0 Å². The first-order chi connectivity index (χ1) is 6.37. The van der Waals surface area contributed by atoms with Crippen LogP contribution in [0, 0.1) is 16.7 Å². The zero-order valence-electron chi connectivity index (χ0n) is 9.75. The Hall–Kier alpha value is -0.590. The second kappa shape index (κ2) is 6.00. The van der Waals surface area contributed by atoms with E-state index in [0.717, 1.165) is 19.4 Å². The van der Waals surface area contributed by atoms with Gasteiger partial charge in [0.05, 0.1) is 17.6 Å². The monoisotopic (exact) mass is 198 g/mol. The molecule has 0 aromatic heterocycles. The molecule has 82 valence electrons. The minimum atomic E-state index is -0.274. The molecule has 0 saturated carbocycles. The van der Waals surface area contributed by atoms with Gasteiger partial charge in [0.25, 0.3) is 0 Å². The van der Waals surface area contributed by atoms with Crippen LogP contribution >= 0.6 is 0 Å². The number of aliphatic hydroxyl groups excluding tert-OH is 1. The van der Waals surface area contributed by atoms with Crippen molar-refractivity contribution in [3.8, 4) is 6.07 Å². The van der Waals surface area contributed by atoms with Gasteiger partial charge in [-0.2, -0.15) is 5.26 Å². The third-order valence-corrected chi connectivity index (χ3v) is 2.22. The van der Waals surface area contributed by atoms with Gasteiger partial charge in [0.15, 0.2) is 0 Å². The minimum absolute atomic E-state index is 0.217. The number of nitrogens with zero attached hydrogens (tertiary/aromatic N) is 2. The summed E-state index contributed by atoms with van der Waals surface area (Å²) in [5.41, 5.74) is -0.217. The first kappa shape index (κ1) is 13.4. The van der Waals surface area contributed by atoms with Crippen molar-refractivity contribution < 1.29 is 5.11 Å². The predicted molar refractivity (Wildman–Crippen MR) is 57.8 cm³/mol. The third kappa shape index (κ3) is 6.88. The largest absolute Gasteiger partial charge is 0.392 e. The normalized spacial score (nSPS) is 14.1. The predicted octanol–water partition coefficient (Wildman–Crippen LogP) is 1.63. The number of hydrogen-bond acceptors (Lipinski definition) is 3. The molecule has 0 bridgehead atoms. The molecule has 0 radical (unpaired) electrons. The fraction of sp³-hybridized carbons (Fsp3) is 0.909. The Balaban J connectivity index is 3.60. The van der Waals surface area contributed by atoms with Crippen molar-refractivity contribution in [2.45, 2.75) is 39.7 Å². The molecule has 0 amide bonds. The van der Waals surface area contributed by atoms with E-state index in [1.54, 1.807) is 6.92 Å². The Morgan fingerprint density at radius 2 is 2.07 bits per heavy atom. The molecular weight excluding hydrogens is 176 g/mol. The Labute approximate surface area is 87.3 Å². The van der Waals surface area contributed by atoms with Crippen LogP contribution in [0.15, 0.2) is 0 Å². The lowest BCUT2D eigenvalue weighted by atomic mass is 9.90. The van der Waals surface area contributed by atoms with E-state index in [1.165, 1.54) is 0 Å². The molecule has 1 N–H and O–H groups in total. The maximum absolute atomic E-state index is 9.13. The standard InChI is InChI=1S/C11H22N2O/c1-10(14)8-13(4)7-5-6-11(2,3)9-12/h10,14H,5-8H2,1-4H3. The van der Waals surface area contributed by atoms with Gasteiger partial charge in [-0.15, -0.1) is 0 Å². The van der Waals surface area contributed by atoms with E-state index in [4.69, 9.17) is 10.4 Å². The van der Waals surface area contributed by atoms with Crippen LogP contribution in [-0.2, 0) is 0 Å². The second-order valence-corrected chi connectivity index (χ2v) is 4.71. The van der Waals surface area contributed by atoms with Crippen molar-refractivity contribution in [3.63, 3.8) is 0 Å². The molecule has 0 aliphatic heterocycles. The number of nitriles is 1. The Bertz CT molecular complexity index is 194. The van der Waals surface area contributed by atoms with Gasteiger partial charge in [-0.1, -0.05) is 0 Å². The van der Waals surface area contributed by atoms with Crippen molar-refractivity contribution in [3.05, 3.63) is 0 Å². The van der Waals surface area contributed by atoms with Crippen LogP contribution in [0.25, 0.3) is 0 Å². The van der Waals surface area contributed by atoms with Gasteiger partial charge in [0.1, 0.15) is 0 Å². The van der Waals surface area contributed by atoms with Crippen LogP contribution in [0.5, 0.6) is 0 Å². The topological polar surface area (TPSA) is 47.3 Å². The molecule has 0 aliphatic rings. The molecule has 0 spiro atoms. The fourth-order valence-electron chi connectivity index (χ4n) is 1.39. The van der Waals surface area contributed by atoms with Gasteiger partial charge in [-0.05, 0) is 47.2 Å². The van der Waals surface area contributed by atoms with Gasteiger partial charge < -0.3 is 10.0 Å². The van der Waals surface area contributed by atoms with Crippen molar-refractivity contribution in [1.82, 2.24) is 4.90 Å². The maximum atomic E-state index is 9.13. The summed E-state index contributed by atoms with van der Waals surface area (Å²) in [6, 6.07) is 2.29. The summed E-state index contributed by atoms with van der Waals surface area (Å²) in [5, 5.41) is 17.9. The average Bonchev–Trinajstić information content (AvgIpc) is 2.02. The first-order valence-electron chi connectivity index (χ1n) is 5.15. The molecule has 14 heavy (non-hydrogen) atoms. The summed E-state index contributed by atoms with van der Waals surface area (Å²) in [5.74, 6) is 0. The van der Waals surface area contributed by atoms with Gasteiger partial charge in [-0.3, -0.25) is 0 Å². The lowest BCUT2D eigenvalue weighted by molar-refractivity contribution is 0.139. The molecule has 0 aromatic carbocycles. The van der Waals surface area contributed by atoms with Crippen LogP contribution in [0.1, 0.15) is 33.6 Å². The van der Waals surface area contributed by atoms with Gasteiger partial charge in [0.2, 0.25) is 0 Å². The highest BCUT2D eigenvalue weighted by atomic mass is 16.3. The number of rotatable bonds is 6. The van der Waals surface area contributed by atoms with Crippen molar-refractivity contribution in [2.75, 3.05) is 20.1 Å². The quantitative estimate of drug-likeness (QED) is 0.705. The zero-order chi connectivity index (χ0) is 11.2. The van der Waals surface area contributed by atoms with Crippen LogP contribution in [0.3, 0.4) is 0 Å². The summed E-state index contributed by atoms with van der Waals surface area (Å²) in [7, 11) is 1.99. The molecule has 0 heterocycles. The van der Waals surface area contributed by atoms with Gasteiger partial charge in [0, 0.05) is 6.54 Å². The number of aliphatic hydroxyl groups is 1. The molecule has 0 saturated heterocycles. The van der Waals surface area contributed by atoms with E-state index in [9.17, 15) is 0 Å². The third-order valence-electron chi connectivity index (χ3n) is 2.22. The molecule has 0 aliphatic carbocycles. The number of hydrogen-bond donors (Lipinski definition) is 1. The summed E-state index contributed by atoms with van der Waals surface area (Å²) in [4.78, 5) is 2.10. The Morgan fingerprint density at radius 1 is 1.50 bits per heavy atom. The molecule has 1 atom stereocenters. The molecule has 0 aromatic rings. The Morgan fingerprint density at radius 3 is 2.50 bits per heavy atom. The van der Waals surface area contributed by atoms with E-state index in [1.807, 2.05) is 20.9 Å². The van der Waals surface area contributed by atoms with Gasteiger partial charge in [-0.25, -0.2) is 0 Å². The summed E-state index contributed by atoms with van der Waals surface area (Å²) in [6.45, 7) is 7.35. The van der Waals surface area contributed by atoms with Crippen molar-refractivity contribution >= 4 is 0 Å². The van der Waals surface area contributed by atoms with Crippen LogP contribution in [0.2, 0.25) is 0 Å². The second-order valence-electron chi connectivity index (χ2n) is 4.71. The van der Waals surface area contributed by atoms with E-state index >= 15 is 0 Å². The lowest BCUT2D eigenvalue weighted by Gasteiger charge is -2.20. The minimum Gasteiger partial charge on any atom is -0.392 e. The average molecular weight is 198 g/mol. The van der Waals surface area contributed by atoms with Crippen molar-refractivity contribution in [2.24, 2.45) is 5.41 Å². The highest BCUT2D eigenvalue weighted by molar-refractivity contribution is 4.91. The maximum Gasteiger partial charge on any atom is 0.0683 e. The van der Waals surface area contributed by atoms with Crippen LogP contribution in [-0.4, -0.2) is 36.2 Å². The zero-order valence-corrected chi connectivity index (χ0v) is 9.75. The lowest BCUT2D eigenvalue weighted by Crippen LogP contribution is -2.28. The van der Waals surface area contributed by atoms with E-state index in [2.05, 4.69) is 11.0 Å². The summed E-state index contributed by atoms with van der Waals surface area (Å²) in [6.07, 6.45) is 1.64. The highest BCUT2D eigenvalue weighted by Gasteiger charge is 2.16. The molecule has 0 fully saturated rings. The molecule has 1 unspecified atom stereocenters. The van der Waals surface area contributed by atoms with E-state index in [-0.39, 0.29) is 11.5 Å². The van der Waals surface area contributed by atoms with Crippen molar-refractivity contribution in [1.29, 1.82) is 5.26 Å². The first-order valence-corrected chi connectivity index (χ1v) is 5.15. The SMILES string of the molecule is CC(O)CN(C)CCCC(C)(C)C#N. The molecule has 3 nitrogen and oxygen atoms in total. The molecule has 3 heteroatoms. The van der Waals surface area contributed by atoms with Crippen LogP contribution in [0.4, 0.5) is 0 Å². The van der Waals surface area contributed by atoms with E-state index < -0.39 is 0 Å². The Kier molecular flexibility index (Phi) is 5.75. The smallest absolute Gasteiger partial charge is 0.0683 e. The fourth-order valence-corrected chi connectivity index (χ4v) is 1.39. The summed E-state index contributed by atoms with van der Waals surface area (Å²) < 4.78 is 0.